The fraction of sp³-hybridized carbons (Fsp3) is 0.750. The van der Waals surface area contributed by atoms with Crippen molar-refractivity contribution in [3.8, 4) is 6.07 Å². The van der Waals surface area contributed by atoms with E-state index < -0.39 is 0 Å². The standard InChI is InChI=1S/C16H25N3O/c1-16(2,19-10-4-3-5-11-19)12-14(13-17)15(20)18-8-6-7-9-18/h12H,3-11H2,1-2H3/b14-12+. The van der Waals surface area contributed by atoms with Crippen LogP contribution in [0.25, 0.3) is 0 Å². The molecule has 1 amide bonds. The fourth-order valence-corrected chi connectivity index (χ4v) is 3.15. The van der Waals surface area contributed by atoms with E-state index in [4.69, 9.17) is 0 Å². The van der Waals surface area contributed by atoms with Gasteiger partial charge in [0.2, 0.25) is 0 Å². The molecule has 2 saturated heterocycles. The van der Waals surface area contributed by atoms with Crippen molar-refractivity contribution in [3.05, 3.63) is 11.6 Å². The molecule has 4 nitrogen and oxygen atoms in total. The Kier molecular flexibility index (Phi) is 4.82. The third-order valence-electron chi connectivity index (χ3n) is 4.41. The summed E-state index contributed by atoms with van der Waals surface area (Å²) in [5, 5.41) is 9.33. The van der Waals surface area contributed by atoms with Gasteiger partial charge in [-0.2, -0.15) is 5.26 Å². The number of carbonyl (C=O) groups is 1. The monoisotopic (exact) mass is 275 g/mol. The molecule has 0 N–H and O–H groups in total. The highest BCUT2D eigenvalue weighted by Gasteiger charge is 2.29. The van der Waals surface area contributed by atoms with Crippen LogP contribution in [0.5, 0.6) is 0 Å². The minimum Gasteiger partial charge on any atom is -0.338 e. The first-order valence-electron chi connectivity index (χ1n) is 7.72. The molecule has 0 spiro atoms. The maximum absolute atomic E-state index is 12.4. The van der Waals surface area contributed by atoms with Gasteiger partial charge in [0.25, 0.3) is 5.91 Å². The third kappa shape index (κ3) is 3.40. The normalized spacial score (nSPS) is 21.9. The first kappa shape index (κ1) is 15.1. The maximum Gasteiger partial charge on any atom is 0.264 e. The number of nitrogens with zero attached hydrogens (tertiary/aromatic N) is 3. The zero-order chi connectivity index (χ0) is 14.6. The van der Waals surface area contributed by atoms with Crippen LogP contribution in [0.2, 0.25) is 0 Å². The zero-order valence-electron chi connectivity index (χ0n) is 12.7. The van der Waals surface area contributed by atoms with Crippen LogP contribution in [0.15, 0.2) is 11.6 Å². The molecular formula is C16H25N3O. The Morgan fingerprint density at radius 3 is 2.15 bits per heavy atom. The minimum absolute atomic E-state index is 0.0879. The number of piperidine rings is 1. The Morgan fingerprint density at radius 2 is 1.60 bits per heavy atom. The minimum atomic E-state index is -0.221. The number of rotatable bonds is 3. The molecular weight excluding hydrogens is 250 g/mol. The lowest BCUT2D eigenvalue weighted by molar-refractivity contribution is -0.125. The highest BCUT2D eigenvalue weighted by molar-refractivity contribution is 5.97. The second-order valence-electron chi connectivity index (χ2n) is 6.37. The van der Waals surface area contributed by atoms with Crippen molar-refractivity contribution in [3.63, 3.8) is 0 Å². The highest BCUT2D eigenvalue weighted by atomic mass is 16.2. The van der Waals surface area contributed by atoms with Gasteiger partial charge in [0.15, 0.2) is 0 Å². The van der Waals surface area contributed by atoms with E-state index in [0.717, 1.165) is 39.0 Å². The van der Waals surface area contributed by atoms with Crippen molar-refractivity contribution in [2.75, 3.05) is 26.2 Å². The average Bonchev–Trinajstić information content (AvgIpc) is 2.99. The van der Waals surface area contributed by atoms with Crippen molar-refractivity contribution in [2.24, 2.45) is 0 Å². The number of hydrogen-bond donors (Lipinski definition) is 0. The zero-order valence-corrected chi connectivity index (χ0v) is 12.7. The second-order valence-corrected chi connectivity index (χ2v) is 6.37. The summed E-state index contributed by atoms with van der Waals surface area (Å²) in [6, 6.07) is 2.12. The summed E-state index contributed by atoms with van der Waals surface area (Å²) < 4.78 is 0. The molecule has 0 saturated carbocycles. The molecule has 0 aromatic heterocycles. The molecule has 2 rings (SSSR count). The van der Waals surface area contributed by atoms with Crippen molar-refractivity contribution in [1.82, 2.24) is 9.80 Å². The van der Waals surface area contributed by atoms with Gasteiger partial charge < -0.3 is 4.90 Å². The molecule has 110 valence electrons. The van der Waals surface area contributed by atoms with E-state index in [1.165, 1.54) is 19.3 Å². The molecule has 2 heterocycles. The van der Waals surface area contributed by atoms with E-state index in [-0.39, 0.29) is 11.4 Å². The summed E-state index contributed by atoms with van der Waals surface area (Å²) in [4.78, 5) is 16.5. The Balaban J connectivity index is 2.12. The summed E-state index contributed by atoms with van der Waals surface area (Å²) >= 11 is 0. The largest absolute Gasteiger partial charge is 0.338 e. The van der Waals surface area contributed by atoms with Gasteiger partial charge in [0.1, 0.15) is 11.6 Å². The Bertz CT molecular complexity index is 421. The highest BCUT2D eigenvalue weighted by Crippen LogP contribution is 2.24. The number of likely N-dealkylation sites (tertiary alicyclic amines) is 2. The maximum atomic E-state index is 12.4. The molecule has 2 fully saturated rings. The number of nitriles is 1. The average molecular weight is 275 g/mol. The lowest BCUT2D eigenvalue weighted by atomic mass is 9.95. The summed E-state index contributed by atoms with van der Waals surface area (Å²) in [7, 11) is 0. The van der Waals surface area contributed by atoms with Crippen molar-refractivity contribution in [1.29, 1.82) is 5.26 Å². The fourth-order valence-electron chi connectivity index (χ4n) is 3.15. The SMILES string of the molecule is CC(C)(/C=C(\C#N)C(=O)N1CCCC1)N1CCCCC1. The molecule has 0 aromatic carbocycles. The lowest BCUT2D eigenvalue weighted by Gasteiger charge is -2.39. The number of amides is 1. The van der Waals surface area contributed by atoms with Gasteiger partial charge in [-0.1, -0.05) is 6.42 Å². The van der Waals surface area contributed by atoms with Crippen LogP contribution < -0.4 is 0 Å². The molecule has 20 heavy (non-hydrogen) atoms. The predicted molar refractivity (Wildman–Crippen MR) is 79.0 cm³/mol. The Labute approximate surface area is 122 Å². The van der Waals surface area contributed by atoms with E-state index in [0.29, 0.717) is 5.57 Å². The number of carbonyl (C=O) groups excluding carboxylic acids is 1. The quantitative estimate of drug-likeness (QED) is 0.586. The lowest BCUT2D eigenvalue weighted by Crippen LogP contribution is -2.46. The van der Waals surface area contributed by atoms with E-state index in [1.54, 1.807) is 4.90 Å². The van der Waals surface area contributed by atoms with Gasteiger partial charge in [-0.15, -0.1) is 0 Å². The first-order valence-corrected chi connectivity index (χ1v) is 7.72. The van der Waals surface area contributed by atoms with Gasteiger partial charge >= 0.3 is 0 Å². The third-order valence-corrected chi connectivity index (χ3v) is 4.41. The summed E-state index contributed by atoms with van der Waals surface area (Å²) in [6.45, 7) is 7.91. The topological polar surface area (TPSA) is 47.3 Å². The smallest absolute Gasteiger partial charge is 0.264 e. The molecule has 0 bridgehead atoms. The van der Waals surface area contributed by atoms with Crippen LogP contribution in [-0.4, -0.2) is 47.4 Å². The van der Waals surface area contributed by atoms with Crippen LogP contribution >= 0.6 is 0 Å². The first-order chi connectivity index (χ1) is 9.54. The summed E-state index contributed by atoms with van der Waals surface area (Å²) in [5.74, 6) is -0.0879. The van der Waals surface area contributed by atoms with Gasteiger partial charge in [-0.3, -0.25) is 9.69 Å². The van der Waals surface area contributed by atoms with Gasteiger partial charge in [-0.05, 0) is 58.7 Å². The van der Waals surface area contributed by atoms with Crippen molar-refractivity contribution in [2.45, 2.75) is 51.5 Å². The van der Waals surface area contributed by atoms with Crippen molar-refractivity contribution < 1.29 is 4.79 Å². The van der Waals surface area contributed by atoms with Gasteiger partial charge in [0, 0.05) is 18.6 Å². The molecule has 0 unspecified atom stereocenters. The molecule has 2 aliphatic rings. The van der Waals surface area contributed by atoms with E-state index in [1.807, 2.05) is 6.08 Å². The second kappa shape index (κ2) is 6.41. The summed E-state index contributed by atoms with van der Waals surface area (Å²) in [5.41, 5.74) is 0.0865. The Morgan fingerprint density at radius 1 is 1.05 bits per heavy atom. The van der Waals surface area contributed by atoms with Crippen LogP contribution in [0.4, 0.5) is 0 Å². The predicted octanol–water partition coefficient (Wildman–Crippen LogP) is 2.32. The van der Waals surface area contributed by atoms with Crippen LogP contribution in [0, 0.1) is 11.3 Å². The van der Waals surface area contributed by atoms with Crippen LogP contribution in [-0.2, 0) is 4.79 Å². The van der Waals surface area contributed by atoms with Gasteiger partial charge in [0.05, 0.1) is 0 Å². The molecule has 0 radical (unpaired) electrons. The van der Waals surface area contributed by atoms with E-state index in [2.05, 4.69) is 24.8 Å². The molecule has 2 aliphatic heterocycles. The molecule has 0 aromatic rings. The Hall–Kier alpha value is -1.34. The van der Waals surface area contributed by atoms with E-state index in [9.17, 15) is 10.1 Å². The molecule has 0 atom stereocenters. The molecule has 4 heteroatoms. The van der Waals surface area contributed by atoms with Gasteiger partial charge in [-0.25, -0.2) is 0 Å². The molecule has 0 aliphatic carbocycles. The van der Waals surface area contributed by atoms with Crippen molar-refractivity contribution >= 4 is 5.91 Å². The number of hydrogen-bond acceptors (Lipinski definition) is 3. The van der Waals surface area contributed by atoms with Crippen LogP contribution in [0.1, 0.15) is 46.0 Å². The van der Waals surface area contributed by atoms with Crippen LogP contribution in [0.3, 0.4) is 0 Å². The van der Waals surface area contributed by atoms with E-state index >= 15 is 0 Å². The summed E-state index contributed by atoms with van der Waals surface area (Å²) in [6.07, 6.45) is 7.69.